The summed E-state index contributed by atoms with van der Waals surface area (Å²) in [6, 6.07) is 0. The first-order chi connectivity index (χ1) is 7.33. The molecule has 0 saturated carbocycles. The van der Waals surface area contributed by atoms with E-state index in [1.165, 1.54) is 39.8 Å². The van der Waals surface area contributed by atoms with Gasteiger partial charge >= 0.3 is 10.4 Å². The van der Waals surface area contributed by atoms with Crippen molar-refractivity contribution >= 4 is 21.4 Å². The molecule has 0 aromatic heterocycles. The first-order valence-corrected chi connectivity index (χ1v) is 7.01. The lowest BCUT2D eigenvalue weighted by atomic mass is 10.0. The Labute approximate surface area is 103 Å². The molecule has 7 nitrogen and oxygen atoms in total. The Morgan fingerprint density at radius 2 is 1.47 bits per heavy atom. The van der Waals surface area contributed by atoms with Gasteiger partial charge in [0, 0.05) is 0 Å². The molecule has 0 atom stereocenters. The maximum Gasteiger partial charge on any atom is 0.398 e. The molecule has 0 aliphatic carbocycles. The van der Waals surface area contributed by atoms with Gasteiger partial charge < -0.3 is 0 Å². The molecule has 0 heterocycles. The fourth-order valence-corrected chi connectivity index (χ4v) is 1.97. The molecule has 102 valence electrons. The second-order valence-electron chi connectivity index (χ2n) is 4.37. The van der Waals surface area contributed by atoms with Crippen LogP contribution in [0.4, 0.5) is 0 Å². The molecule has 0 spiro atoms. The molecule has 0 aliphatic heterocycles. The molecule has 9 heteroatoms. The third-order valence-corrected chi connectivity index (χ3v) is 2.78. The van der Waals surface area contributed by atoms with Gasteiger partial charge in [-0.3, -0.25) is 8.74 Å². The Morgan fingerprint density at radius 1 is 1.06 bits per heavy atom. The Hall–Kier alpha value is -0.480. The predicted molar refractivity (Wildman–Crippen MR) is 61.3 cm³/mol. The van der Waals surface area contributed by atoms with Gasteiger partial charge in [-0.1, -0.05) is 12.2 Å². The zero-order chi connectivity index (χ0) is 13.9. The highest BCUT2D eigenvalue weighted by molar-refractivity contribution is 7.80. The van der Waals surface area contributed by atoms with E-state index >= 15 is 0 Å². The van der Waals surface area contributed by atoms with E-state index in [0.29, 0.717) is 0 Å². The van der Waals surface area contributed by atoms with Crippen LogP contribution in [0.1, 0.15) is 27.7 Å². The molecule has 0 aromatic carbocycles. The van der Waals surface area contributed by atoms with Gasteiger partial charge in [0.05, 0.1) is 5.60 Å². The number of hydrogen-bond donors (Lipinski definition) is 2. The minimum atomic E-state index is -4.58. The Bertz CT molecular complexity index is 448. The van der Waals surface area contributed by atoms with E-state index in [4.69, 9.17) is 4.55 Å². The summed E-state index contributed by atoms with van der Waals surface area (Å²) in [5, 5.41) is 0. The van der Waals surface area contributed by atoms with E-state index < -0.39 is 32.6 Å². The molecular weight excluding hydrogens is 272 g/mol. The topological polar surface area (TPSA) is 107 Å². The summed E-state index contributed by atoms with van der Waals surface area (Å²) in [5.74, 6) is 0. The van der Waals surface area contributed by atoms with Crippen LogP contribution in [0.15, 0.2) is 12.2 Å². The summed E-state index contributed by atoms with van der Waals surface area (Å²) < 4.78 is 59.2. The maximum absolute atomic E-state index is 10.5. The summed E-state index contributed by atoms with van der Waals surface area (Å²) in [6.45, 7) is 5.70. The Kier molecular flexibility index (Phi) is 5.29. The Balaban J connectivity index is 4.81. The van der Waals surface area contributed by atoms with E-state index in [2.05, 4.69) is 8.37 Å². The van der Waals surface area contributed by atoms with Crippen molar-refractivity contribution < 1.29 is 29.8 Å². The van der Waals surface area contributed by atoms with Crippen molar-refractivity contribution in [2.45, 2.75) is 38.9 Å². The van der Waals surface area contributed by atoms with Gasteiger partial charge in [0.25, 0.3) is 11.0 Å². The van der Waals surface area contributed by atoms with Gasteiger partial charge in [0.2, 0.25) is 0 Å². The molecule has 0 amide bonds. The van der Waals surface area contributed by atoms with Gasteiger partial charge in [0.15, 0.2) is 0 Å². The van der Waals surface area contributed by atoms with Crippen LogP contribution in [0.25, 0.3) is 0 Å². The van der Waals surface area contributed by atoms with E-state index in [9.17, 15) is 16.8 Å². The lowest BCUT2D eigenvalue weighted by Gasteiger charge is -2.21. The summed E-state index contributed by atoms with van der Waals surface area (Å²) >= 11 is 0. The van der Waals surface area contributed by atoms with E-state index in [1.807, 2.05) is 0 Å². The number of thiol groups is 1. The minimum Gasteiger partial charge on any atom is -0.264 e. The zero-order valence-corrected chi connectivity index (χ0v) is 11.6. The summed E-state index contributed by atoms with van der Waals surface area (Å²) in [4.78, 5) is 0. The molecule has 0 rings (SSSR count). The van der Waals surface area contributed by atoms with Crippen molar-refractivity contribution in [3.63, 3.8) is 0 Å². The maximum atomic E-state index is 10.5. The zero-order valence-electron chi connectivity index (χ0n) is 9.91. The van der Waals surface area contributed by atoms with Gasteiger partial charge in [-0.15, -0.1) is 0 Å². The lowest BCUT2D eigenvalue weighted by Crippen LogP contribution is -2.28. The second kappa shape index (κ2) is 5.44. The highest BCUT2D eigenvalue weighted by Crippen LogP contribution is 2.18. The monoisotopic (exact) mass is 288 g/mol. The average molecular weight is 288 g/mol. The third-order valence-electron chi connectivity index (χ3n) is 1.52. The molecule has 0 unspecified atom stereocenters. The van der Waals surface area contributed by atoms with Crippen LogP contribution in [0.3, 0.4) is 0 Å². The second-order valence-corrected chi connectivity index (χ2v) is 6.02. The standard InChI is InChI=1S/C8H16O7S2/c1-7(2,14-16(9)10)5-6-8(3,4)15-17(11,12)13/h5-6,16H,1-4H3,(H,11,12,13)/b6-5+. The smallest absolute Gasteiger partial charge is 0.264 e. The van der Waals surface area contributed by atoms with Crippen LogP contribution >= 0.6 is 0 Å². The van der Waals surface area contributed by atoms with Crippen molar-refractivity contribution in [3.8, 4) is 0 Å². The van der Waals surface area contributed by atoms with Crippen molar-refractivity contribution in [3.05, 3.63) is 12.2 Å². The summed E-state index contributed by atoms with van der Waals surface area (Å²) in [5.41, 5.74) is -2.45. The van der Waals surface area contributed by atoms with Crippen LogP contribution in [0.5, 0.6) is 0 Å². The quantitative estimate of drug-likeness (QED) is 0.415. The molecule has 17 heavy (non-hydrogen) atoms. The van der Waals surface area contributed by atoms with Gasteiger partial charge in [-0.05, 0) is 27.7 Å². The number of rotatable bonds is 6. The first-order valence-electron chi connectivity index (χ1n) is 4.55. The SMILES string of the molecule is CC(C)(/C=C/C(C)(C)OS(=O)(=O)O)O[SH](=O)=O. The van der Waals surface area contributed by atoms with Gasteiger partial charge in [-0.2, -0.15) is 8.42 Å². The first kappa shape index (κ1) is 16.5. The largest absolute Gasteiger partial charge is 0.398 e. The third kappa shape index (κ3) is 9.24. The highest BCUT2D eigenvalue weighted by atomic mass is 32.3. The molecule has 1 N–H and O–H groups in total. The van der Waals surface area contributed by atoms with E-state index in [0.717, 1.165) is 0 Å². The van der Waals surface area contributed by atoms with Gasteiger partial charge in [-0.25, -0.2) is 12.6 Å². The van der Waals surface area contributed by atoms with Crippen molar-refractivity contribution in [1.29, 1.82) is 0 Å². The van der Waals surface area contributed by atoms with E-state index in [-0.39, 0.29) is 0 Å². The average Bonchev–Trinajstić information content (AvgIpc) is 1.94. The minimum absolute atomic E-state index is 1.13. The van der Waals surface area contributed by atoms with Crippen LogP contribution < -0.4 is 0 Å². The van der Waals surface area contributed by atoms with Crippen molar-refractivity contribution in [2.24, 2.45) is 0 Å². The van der Waals surface area contributed by atoms with Crippen LogP contribution in [0.2, 0.25) is 0 Å². The van der Waals surface area contributed by atoms with Crippen molar-refractivity contribution in [2.75, 3.05) is 0 Å². The molecule has 0 saturated heterocycles. The lowest BCUT2D eigenvalue weighted by molar-refractivity contribution is 0.139. The van der Waals surface area contributed by atoms with E-state index in [1.54, 1.807) is 0 Å². The highest BCUT2D eigenvalue weighted by Gasteiger charge is 2.24. The molecule has 0 aliphatic rings. The van der Waals surface area contributed by atoms with Crippen LogP contribution in [0, 0.1) is 0 Å². The molecule has 0 aromatic rings. The Morgan fingerprint density at radius 3 is 1.82 bits per heavy atom. The summed E-state index contributed by atoms with van der Waals surface area (Å²) in [6.07, 6.45) is 2.60. The van der Waals surface area contributed by atoms with Crippen molar-refractivity contribution in [1.82, 2.24) is 0 Å². The molecule has 0 fully saturated rings. The van der Waals surface area contributed by atoms with Gasteiger partial charge in [0.1, 0.15) is 5.60 Å². The van der Waals surface area contributed by atoms with Crippen LogP contribution in [-0.2, 0) is 29.8 Å². The van der Waals surface area contributed by atoms with Crippen LogP contribution in [-0.4, -0.2) is 32.6 Å². The predicted octanol–water partition coefficient (Wildman–Crippen LogP) is 0.462. The molecule has 0 bridgehead atoms. The summed E-state index contributed by atoms with van der Waals surface area (Å²) in [7, 11) is -7.61. The molecular formula is C8H16O7S2. The normalized spacial score (nSPS) is 14.7. The number of hydrogen-bond acceptors (Lipinski definition) is 6. The fraction of sp³-hybridized carbons (Fsp3) is 0.750. The fourth-order valence-electron chi connectivity index (χ4n) is 0.923. The molecule has 0 radical (unpaired) electrons.